The van der Waals surface area contributed by atoms with Crippen LogP contribution in [0.25, 0.3) is 31.7 Å². The number of benzene rings is 2. The predicted molar refractivity (Wildman–Crippen MR) is 160 cm³/mol. The molecule has 12 heteroatoms. The van der Waals surface area contributed by atoms with Gasteiger partial charge in [-0.3, -0.25) is 15.3 Å². The molecule has 0 spiro atoms. The van der Waals surface area contributed by atoms with Crippen LogP contribution in [0.5, 0.6) is 11.5 Å². The van der Waals surface area contributed by atoms with Crippen LogP contribution in [-0.4, -0.2) is 40.4 Å². The first-order valence-electron chi connectivity index (χ1n) is 12.5. The molecule has 5 aromatic rings. The zero-order valence-electron chi connectivity index (χ0n) is 22.7. The van der Waals surface area contributed by atoms with Gasteiger partial charge in [-0.05, 0) is 57.5 Å². The molecule has 0 saturated heterocycles. The highest BCUT2D eigenvalue weighted by Gasteiger charge is 2.24. The SMILES string of the molecule is COc1cnc2c(-c3nc4c(Cl)c(F)c(O[C@@H](C)[C@@H](C)OC(=O)Nc5cnc(C)c(C)c5)cc4s3)cc(Cl)cc2c1. The van der Waals surface area contributed by atoms with Crippen LogP contribution in [0.2, 0.25) is 10.0 Å². The standard InChI is InChI=1S/C29H25Cl2FN4O4S/c1-13-6-19(11-33-14(13)2)35-29(37)40-16(4)15(3)39-22-10-23-27(24(31)25(22)32)36-28(41-23)21-9-18(30)7-17-8-20(38-5)12-34-26(17)21/h6-12,15-16H,1-5H3,(H,35,37)/t15-,16+/m0/s1. The first kappa shape index (κ1) is 28.8. The normalized spacial score (nSPS) is 12.8. The first-order valence-corrected chi connectivity index (χ1v) is 14.1. The monoisotopic (exact) mass is 614 g/mol. The summed E-state index contributed by atoms with van der Waals surface area (Å²) >= 11 is 14.1. The Kier molecular flexibility index (Phi) is 8.17. The first-order chi connectivity index (χ1) is 19.5. The molecule has 2 aromatic carbocycles. The van der Waals surface area contributed by atoms with E-state index >= 15 is 4.39 Å². The smallest absolute Gasteiger partial charge is 0.412 e. The van der Waals surface area contributed by atoms with Crippen molar-refractivity contribution in [3.8, 4) is 22.1 Å². The van der Waals surface area contributed by atoms with Crippen LogP contribution in [0, 0.1) is 19.7 Å². The second-order valence-electron chi connectivity index (χ2n) is 9.45. The topological polar surface area (TPSA) is 95.5 Å². The Labute approximate surface area is 249 Å². The summed E-state index contributed by atoms with van der Waals surface area (Å²) in [6.07, 6.45) is 1.05. The number of halogens is 3. The van der Waals surface area contributed by atoms with E-state index in [0.29, 0.717) is 37.2 Å². The fourth-order valence-electron chi connectivity index (χ4n) is 4.07. The average molecular weight is 616 g/mol. The van der Waals surface area contributed by atoms with Crippen molar-refractivity contribution in [1.82, 2.24) is 15.0 Å². The van der Waals surface area contributed by atoms with Gasteiger partial charge < -0.3 is 14.2 Å². The molecule has 2 atom stereocenters. The number of amides is 1. The highest BCUT2D eigenvalue weighted by Crippen LogP contribution is 2.41. The maximum Gasteiger partial charge on any atom is 0.412 e. The minimum atomic E-state index is -0.764. The Morgan fingerprint density at radius 1 is 1.02 bits per heavy atom. The minimum Gasteiger partial charge on any atom is -0.495 e. The van der Waals surface area contributed by atoms with Gasteiger partial charge in [-0.2, -0.15) is 0 Å². The van der Waals surface area contributed by atoms with Gasteiger partial charge in [0.15, 0.2) is 11.6 Å². The van der Waals surface area contributed by atoms with Crippen molar-refractivity contribution in [3.63, 3.8) is 0 Å². The number of rotatable bonds is 7. The van der Waals surface area contributed by atoms with Gasteiger partial charge in [0.1, 0.15) is 33.5 Å². The van der Waals surface area contributed by atoms with Crippen LogP contribution in [0.4, 0.5) is 14.9 Å². The van der Waals surface area contributed by atoms with E-state index in [1.807, 2.05) is 19.9 Å². The van der Waals surface area contributed by atoms with E-state index < -0.39 is 24.1 Å². The maximum absolute atomic E-state index is 15.3. The number of hydrogen-bond donors (Lipinski definition) is 1. The number of methoxy groups -OCH3 is 1. The molecule has 0 aliphatic rings. The predicted octanol–water partition coefficient (Wildman–Crippen LogP) is 8.38. The van der Waals surface area contributed by atoms with E-state index in [1.165, 1.54) is 17.4 Å². The van der Waals surface area contributed by atoms with Crippen molar-refractivity contribution in [2.24, 2.45) is 0 Å². The third kappa shape index (κ3) is 6.00. The molecular weight excluding hydrogens is 590 g/mol. The molecule has 0 bridgehead atoms. The third-order valence-corrected chi connectivity index (χ3v) is 8.17. The molecule has 3 aromatic heterocycles. The van der Waals surface area contributed by atoms with E-state index in [4.69, 9.17) is 37.4 Å². The second-order valence-corrected chi connectivity index (χ2v) is 11.3. The van der Waals surface area contributed by atoms with Crippen molar-refractivity contribution in [3.05, 3.63) is 69.8 Å². The Morgan fingerprint density at radius 3 is 2.54 bits per heavy atom. The number of ether oxygens (including phenoxy) is 3. The quantitative estimate of drug-likeness (QED) is 0.197. The molecule has 0 aliphatic heterocycles. The molecule has 8 nitrogen and oxygen atoms in total. The molecule has 1 N–H and O–H groups in total. The zero-order chi connectivity index (χ0) is 29.4. The van der Waals surface area contributed by atoms with Crippen LogP contribution in [0.1, 0.15) is 25.1 Å². The lowest BCUT2D eigenvalue weighted by Crippen LogP contribution is -2.32. The van der Waals surface area contributed by atoms with E-state index in [2.05, 4.69) is 20.3 Å². The van der Waals surface area contributed by atoms with E-state index in [1.54, 1.807) is 51.6 Å². The van der Waals surface area contributed by atoms with Gasteiger partial charge in [-0.1, -0.05) is 23.2 Å². The number of carbonyl (C=O) groups excluding carboxylic acids is 1. The van der Waals surface area contributed by atoms with Gasteiger partial charge in [-0.25, -0.2) is 14.2 Å². The van der Waals surface area contributed by atoms with Gasteiger partial charge in [0.05, 0.1) is 35.4 Å². The van der Waals surface area contributed by atoms with Crippen LogP contribution >= 0.6 is 34.5 Å². The zero-order valence-corrected chi connectivity index (χ0v) is 25.0. The van der Waals surface area contributed by atoms with Gasteiger partial charge in [-0.15, -0.1) is 11.3 Å². The van der Waals surface area contributed by atoms with Crippen molar-refractivity contribution < 1.29 is 23.4 Å². The molecule has 0 saturated carbocycles. The summed E-state index contributed by atoms with van der Waals surface area (Å²) in [5, 5.41) is 4.29. The van der Waals surface area contributed by atoms with E-state index in [-0.39, 0.29) is 16.3 Å². The number of anilines is 1. The fourth-order valence-corrected chi connectivity index (χ4v) is 5.61. The van der Waals surface area contributed by atoms with E-state index in [9.17, 15) is 4.79 Å². The molecule has 0 radical (unpaired) electrons. The lowest BCUT2D eigenvalue weighted by atomic mass is 10.1. The van der Waals surface area contributed by atoms with Crippen molar-refractivity contribution >= 4 is 67.4 Å². The molecule has 5 rings (SSSR count). The molecule has 0 unspecified atom stereocenters. The lowest BCUT2D eigenvalue weighted by Gasteiger charge is -2.22. The maximum atomic E-state index is 15.3. The summed E-state index contributed by atoms with van der Waals surface area (Å²) in [4.78, 5) is 25.8. The highest BCUT2D eigenvalue weighted by molar-refractivity contribution is 7.21. The van der Waals surface area contributed by atoms with Gasteiger partial charge >= 0.3 is 6.09 Å². The van der Waals surface area contributed by atoms with Crippen molar-refractivity contribution in [1.29, 1.82) is 0 Å². The van der Waals surface area contributed by atoms with Crippen LogP contribution in [0.3, 0.4) is 0 Å². The fraction of sp³-hybridized carbons (Fsp3) is 0.241. The number of nitrogens with zero attached hydrogens (tertiary/aromatic N) is 3. The molecule has 3 heterocycles. The molecule has 1 amide bonds. The summed E-state index contributed by atoms with van der Waals surface area (Å²) < 4.78 is 32.5. The number of aryl methyl sites for hydroxylation is 2. The van der Waals surface area contributed by atoms with Gasteiger partial charge in [0.25, 0.3) is 0 Å². The summed E-state index contributed by atoms with van der Waals surface area (Å²) in [5.74, 6) is -0.258. The number of pyridine rings is 2. The molecule has 41 heavy (non-hydrogen) atoms. The second kappa shape index (κ2) is 11.6. The van der Waals surface area contributed by atoms with Crippen LogP contribution in [0.15, 0.2) is 42.7 Å². The number of carbonyl (C=O) groups is 1. The Balaban J connectivity index is 1.37. The van der Waals surface area contributed by atoms with Crippen LogP contribution < -0.4 is 14.8 Å². The van der Waals surface area contributed by atoms with E-state index in [0.717, 1.165) is 16.6 Å². The lowest BCUT2D eigenvalue weighted by molar-refractivity contribution is 0.0402. The van der Waals surface area contributed by atoms with Crippen molar-refractivity contribution in [2.45, 2.75) is 39.9 Å². The summed E-state index contributed by atoms with van der Waals surface area (Å²) in [6, 6.07) is 8.69. The third-order valence-electron chi connectivity index (χ3n) is 6.57. The number of hydrogen-bond acceptors (Lipinski definition) is 8. The minimum absolute atomic E-state index is 0.0850. The van der Waals surface area contributed by atoms with Gasteiger partial charge in [0, 0.05) is 27.7 Å². The molecule has 212 valence electrons. The Hall–Kier alpha value is -3.73. The summed E-state index contributed by atoms with van der Waals surface area (Å²) in [7, 11) is 1.56. The summed E-state index contributed by atoms with van der Waals surface area (Å²) in [6.45, 7) is 7.09. The average Bonchev–Trinajstić information content (AvgIpc) is 3.36. The van der Waals surface area contributed by atoms with Crippen LogP contribution in [-0.2, 0) is 4.74 Å². The summed E-state index contributed by atoms with van der Waals surface area (Å²) in [5.41, 5.74) is 3.93. The Bertz CT molecular complexity index is 1800. The number of fused-ring (bicyclic) bond motifs is 2. The Morgan fingerprint density at radius 2 is 1.80 bits per heavy atom. The van der Waals surface area contributed by atoms with Gasteiger partial charge in [0.2, 0.25) is 0 Å². The number of thiazole rings is 1. The molecular formula is C29H25Cl2FN4O4S. The number of aromatic nitrogens is 3. The van der Waals surface area contributed by atoms with Crippen molar-refractivity contribution in [2.75, 3.05) is 12.4 Å². The molecule has 0 fully saturated rings. The highest BCUT2D eigenvalue weighted by atomic mass is 35.5. The number of nitrogens with one attached hydrogen (secondary N) is 1. The molecule has 0 aliphatic carbocycles. The largest absolute Gasteiger partial charge is 0.495 e.